The Labute approximate surface area is 121 Å². The molecule has 0 bridgehead atoms. The highest BCUT2D eigenvalue weighted by Crippen LogP contribution is 2.27. The number of hydrogen-bond donors (Lipinski definition) is 6. The van der Waals surface area contributed by atoms with E-state index < -0.39 is 61.9 Å². The molecule has 2 aliphatic heterocycles. The molecular formula is C12H22O9. The second-order valence-electron chi connectivity index (χ2n) is 5.40. The van der Waals surface area contributed by atoms with Crippen LogP contribution in [-0.4, -0.2) is 92.6 Å². The Balaban J connectivity index is 2.03. The van der Waals surface area contributed by atoms with Crippen molar-refractivity contribution < 1.29 is 44.8 Å². The van der Waals surface area contributed by atoms with Crippen molar-refractivity contribution >= 4 is 0 Å². The Kier molecular flexibility index (Phi) is 5.52. The van der Waals surface area contributed by atoms with Crippen LogP contribution in [0.15, 0.2) is 0 Å². The van der Waals surface area contributed by atoms with Gasteiger partial charge in [-0.1, -0.05) is 0 Å². The van der Waals surface area contributed by atoms with E-state index >= 15 is 0 Å². The summed E-state index contributed by atoms with van der Waals surface area (Å²) in [4.78, 5) is 0. The van der Waals surface area contributed by atoms with Crippen molar-refractivity contribution in [3.63, 3.8) is 0 Å². The summed E-state index contributed by atoms with van der Waals surface area (Å²) in [6.07, 6.45) is -10.8. The highest BCUT2D eigenvalue weighted by molar-refractivity contribution is 4.90. The monoisotopic (exact) mass is 310 g/mol. The molecule has 6 N–H and O–H groups in total. The summed E-state index contributed by atoms with van der Waals surface area (Å²) in [6, 6.07) is 0. The fourth-order valence-corrected chi connectivity index (χ4v) is 2.57. The van der Waals surface area contributed by atoms with Crippen molar-refractivity contribution in [1.29, 1.82) is 0 Å². The molecule has 2 saturated heterocycles. The lowest BCUT2D eigenvalue weighted by Gasteiger charge is -2.43. The average molecular weight is 310 g/mol. The molecule has 2 fully saturated rings. The lowest BCUT2D eigenvalue weighted by molar-refractivity contribution is -0.338. The minimum atomic E-state index is -1.55. The molecule has 0 spiro atoms. The molecule has 124 valence electrons. The third kappa shape index (κ3) is 3.52. The van der Waals surface area contributed by atoms with Gasteiger partial charge in [-0.05, 0) is 6.92 Å². The molecule has 0 unspecified atom stereocenters. The van der Waals surface area contributed by atoms with Gasteiger partial charge in [-0.15, -0.1) is 0 Å². The molecule has 0 saturated carbocycles. The van der Waals surface area contributed by atoms with E-state index in [1.54, 1.807) is 6.92 Å². The van der Waals surface area contributed by atoms with Gasteiger partial charge in [0.25, 0.3) is 0 Å². The van der Waals surface area contributed by atoms with Gasteiger partial charge in [0.2, 0.25) is 0 Å². The van der Waals surface area contributed by atoms with E-state index in [2.05, 4.69) is 0 Å². The maximum absolute atomic E-state index is 9.90. The van der Waals surface area contributed by atoms with Crippen molar-refractivity contribution in [2.24, 2.45) is 0 Å². The van der Waals surface area contributed by atoms with Gasteiger partial charge in [0.15, 0.2) is 12.6 Å². The van der Waals surface area contributed by atoms with E-state index in [0.29, 0.717) is 0 Å². The molecule has 0 amide bonds. The second-order valence-corrected chi connectivity index (χ2v) is 5.40. The Bertz CT molecular complexity index is 327. The third-order valence-corrected chi connectivity index (χ3v) is 3.80. The maximum atomic E-state index is 9.90. The average Bonchev–Trinajstić information content (AvgIpc) is 2.42. The first kappa shape index (κ1) is 17.0. The molecule has 2 heterocycles. The zero-order valence-corrected chi connectivity index (χ0v) is 11.5. The van der Waals surface area contributed by atoms with E-state index in [9.17, 15) is 25.5 Å². The zero-order chi connectivity index (χ0) is 15.7. The molecule has 9 nitrogen and oxygen atoms in total. The van der Waals surface area contributed by atoms with Crippen LogP contribution >= 0.6 is 0 Å². The minimum absolute atomic E-state index is 0.0631. The highest BCUT2D eigenvalue weighted by atomic mass is 16.7. The van der Waals surface area contributed by atoms with E-state index in [1.807, 2.05) is 0 Å². The summed E-state index contributed by atoms with van der Waals surface area (Å²) in [7, 11) is 0. The van der Waals surface area contributed by atoms with Gasteiger partial charge in [-0.25, -0.2) is 0 Å². The number of aliphatic hydroxyl groups excluding tert-OH is 6. The van der Waals surface area contributed by atoms with E-state index in [-0.39, 0.29) is 6.42 Å². The van der Waals surface area contributed by atoms with Gasteiger partial charge in [0.05, 0.1) is 18.8 Å². The molecule has 2 rings (SSSR count). The molecule has 0 aromatic rings. The minimum Gasteiger partial charge on any atom is -0.394 e. The summed E-state index contributed by atoms with van der Waals surface area (Å²) in [5, 5.41) is 57.5. The van der Waals surface area contributed by atoms with Crippen molar-refractivity contribution in [1.82, 2.24) is 0 Å². The van der Waals surface area contributed by atoms with Crippen LogP contribution in [0.4, 0.5) is 0 Å². The maximum Gasteiger partial charge on any atom is 0.187 e. The number of rotatable bonds is 3. The fraction of sp³-hybridized carbons (Fsp3) is 1.00. The summed E-state index contributed by atoms with van der Waals surface area (Å²) in [5.74, 6) is 0. The number of aliphatic hydroxyl groups is 6. The van der Waals surface area contributed by atoms with Crippen molar-refractivity contribution in [3.8, 4) is 0 Å². The van der Waals surface area contributed by atoms with Gasteiger partial charge in [-0.3, -0.25) is 0 Å². The van der Waals surface area contributed by atoms with Gasteiger partial charge in [0.1, 0.15) is 30.5 Å². The van der Waals surface area contributed by atoms with Crippen molar-refractivity contribution in [2.45, 2.75) is 68.7 Å². The summed E-state index contributed by atoms with van der Waals surface area (Å²) >= 11 is 0. The van der Waals surface area contributed by atoms with Crippen LogP contribution < -0.4 is 0 Å². The third-order valence-electron chi connectivity index (χ3n) is 3.80. The molecule has 9 heteroatoms. The Morgan fingerprint density at radius 3 is 2.24 bits per heavy atom. The van der Waals surface area contributed by atoms with Gasteiger partial charge >= 0.3 is 0 Å². The van der Waals surface area contributed by atoms with Crippen LogP contribution in [0.2, 0.25) is 0 Å². The normalized spacial score (nSPS) is 51.9. The summed E-state index contributed by atoms with van der Waals surface area (Å²) < 4.78 is 15.7. The van der Waals surface area contributed by atoms with Gasteiger partial charge in [-0.2, -0.15) is 0 Å². The van der Waals surface area contributed by atoms with E-state index in [1.165, 1.54) is 0 Å². The lowest BCUT2D eigenvalue weighted by atomic mass is 9.98. The van der Waals surface area contributed by atoms with Crippen molar-refractivity contribution in [3.05, 3.63) is 0 Å². The largest absolute Gasteiger partial charge is 0.394 e. The Hall–Kier alpha value is -0.360. The molecule has 0 aromatic heterocycles. The van der Waals surface area contributed by atoms with Crippen LogP contribution in [0, 0.1) is 0 Å². The zero-order valence-electron chi connectivity index (χ0n) is 11.5. The molecule has 2 aliphatic rings. The van der Waals surface area contributed by atoms with E-state index in [0.717, 1.165) is 0 Å². The number of hydrogen-bond acceptors (Lipinski definition) is 9. The van der Waals surface area contributed by atoms with Crippen LogP contribution in [0.1, 0.15) is 13.3 Å². The quantitative estimate of drug-likeness (QED) is 0.314. The number of ether oxygens (including phenoxy) is 3. The first-order valence-electron chi connectivity index (χ1n) is 6.82. The Morgan fingerprint density at radius 1 is 1.00 bits per heavy atom. The summed E-state index contributed by atoms with van der Waals surface area (Å²) in [6.45, 7) is 1.00. The molecule has 9 atom stereocenters. The lowest BCUT2D eigenvalue weighted by Crippen LogP contribution is -2.61. The second kappa shape index (κ2) is 6.82. The van der Waals surface area contributed by atoms with Gasteiger partial charge < -0.3 is 44.8 Å². The molecule has 0 radical (unpaired) electrons. The SMILES string of the molecule is C[C@H]1O[C@H](O)C[C@H](O)[C@@H]1O[C@@H]1O[C@H](CO)[C@@H](O)[C@H](O)[C@H]1O. The predicted octanol–water partition coefficient (Wildman–Crippen LogP) is -3.34. The highest BCUT2D eigenvalue weighted by Gasteiger charge is 2.47. The van der Waals surface area contributed by atoms with Crippen LogP contribution in [-0.2, 0) is 14.2 Å². The summed E-state index contributed by atoms with van der Waals surface area (Å²) in [5.41, 5.74) is 0. The van der Waals surface area contributed by atoms with Crippen molar-refractivity contribution in [2.75, 3.05) is 6.61 Å². The smallest absolute Gasteiger partial charge is 0.187 e. The van der Waals surface area contributed by atoms with Crippen LogP contribution in [0.3, 0.4) is 0 Å². The molecule has 21 heavy (non-hydrogen) atoms. The predicted molar refractivity (Wildman–Crippen MR) is 65.8 cm³/mol. The topological polar surface area (TPSA) is 149 Å². The standard InChI is InChI=1S/C12H22O9/c1-4-11(5(14)2-7(15)19-4)21-12-10(18)9(17)8(16)6(3-13)20-12/h4-18H,2-3H2,1H3/t4-,5+,6-,7+,8-,9+,10-,11-,12+/m1/s1. The first-order valence-corrected chi connectivity index (χ1v) is 6.82. The Morgan fingerprint density at radius 2 is 1.67 bits per heavy atom. The van der Waals surface area contributed by atoms with E-state index in [4.69, 9.17) is 19.3 Å². The first-order chi connectivity index (χ1) is 9.85. The van der Waals surface area contributed by atoms with Gasteiger partial charge in [0, 0.05) is 6.42 Å². The molecule has 0 aromatic carbocycles. The van der Waals surface area contributed by atoms with Crippen LogP contribution in [0.5, 0.6) is 0 Å². The fourth-order valence-electron chi connectivity index (χ4n) is 2.57. The molecular weight excluding hydrogens is 288 g/mol. The molecule has 0 aliphatic carbocycles. The van der Waals surface area contributed by atoms with Crippen LogP contribution in [0.25, 0.3) is 0 Å².